The molecule has 0 saturated carbocycles. The molecule has 0 aromatic heterocycles. The van der Waals surface area contributed by atoms with Crippen LogP contribution in [0, 0.1) is 15.5 Å². The van der Waals surface area contributed by atoms with E-state index >= 15 is 0 Å². The van der Waals surface area contributed by atoms with Crippen molar-refractivity contribution in [1.29, 1.82) is 0 Å². The van der Waals surface area contributed by atoms with Gasteiger partial charge in [0.2, 0.25) is 5.91 Å². The highest BCUT2D eigenvalue weighted by Gasteiger charge is 2.34. The van der Waals surface area contributed by atoms with Gasteiger partial charge in [-0.3, -0.25) is 19.7 Å². The molecule has 0 spiro atoms. The van der Waals surface area contributed by atoms with Crippen molar-refractivity contribution in [2.24, 2.45) is 5.41 Å². The molecule has 0 fully saturated rings. The molecule has 2 rings (SSSR count). The Morgan fingerprint density at radius 3 is 2.63 bits per heavy atom. The molecule has 0 radical (unpaired) electrons. The molecular weight excluding hydrogens is 392 g/mol. The van der Waals surface area contributed by atoms with Crippen molar-refractivity contribution in [2.45, 2.75) is 38.7 Å². The molecule has 0 aliphatic heterocycles. The number of benzene rings is 1. The van der Waals surface area contributed by atoms with Gasteiger partial charge in [-0.25, -0.2) is 0 Å². The number of amides is 1. The monoisotopic (exact) mass is 418 g/mol. The predicted molar refractivity (Wildman–Crippen MR) is 108 cm³/mol. The first-order valence-corrected chi connectivity index (χ1v) is 9.53. The van der Waals surface area contributed by atoms with Crippen LogP contribution >= 0.6 is 0 Å². The molecule has 0 saturated heterocycles. The predicted octanol–water partition coefficient (Wildman–Crippen LogP) is 3.26. The average Bonchev–Trinajstić information content (AvgIpc) is 2.71. The Labute approximate surface area is 174 Å². The van der Waals surface area contributed by atoms with Crippen molar-refractivity contribution >= 4 is 17.6 Å². The Morgan fingerprint density at radius 2 is 2.00 bits per heavy atom. The number of rotatable bonds is 8. The summed E-state index contributed by atoms with van der Waals surface area (Å²) in [5.74, 6) is -0.287. The van der Waals surface area contributed by atoms with Crippen LogP contribution < -0.4 is 10.1 Å². The van der Waals surface area contributed by atoms with Crippen molar-refractivity contribution in [3.05, 3.63) is 59.1 Å². The Morgan fingerprint density at radius 1 is 1.30 bits per heavy atom. The molecule has 1 aromatic carbocycles. The number of esters is 1. The fraction of sp³-hybridized carbons (Fsp3) is 0.429. The first-order valence-electron chi connectivity index (χ1n) is 9.53. The first kappa shape index (κ1) is 22.9. The van der Waals surface area contributed by atoms with Crippen LogP contribution in [0.15, 0.2) is 48.9 Å². The fourth-order valence-electron chi connectivity index (χ4n) is 3.06. The summed E-state index contributed by atoms with van der Waals surface area (Å²) in [6.45, 7) is 5.44. The number of hydrogen-bond donors (Lipinski definition) is 1. The van der Waals surface area contributed by atoms with Crippen molar-refractivity contribution in [2.75, 3.05) is 13.7 Å². The third-order valence-electron chi connectivity index (χ3n) is 4.93. The van der Waals surface area contributed by atoms with E-state index in [1.54, 1.807) is 0 Å². The lowest BCUT2D eigenvalue weighted by Crippen LogP contribution is -2.42. The van der Waals surface area contributed by atoms with Gasteiger partial charge in [-0.15, -0.1) is 0 Å². The van der Waals surface area contributed by atoms with E-state index in [4.69, 9.17) is 9.47 Å². The van der Waals surface area contributed by atoms with Crippen molar-refractivity contribution < 1.29 is 28.7 Å². The highest BCUT2D eigenvalue weighted by atomic mass is 16.7. The zero-order valence-electron chi connectivity index (χ0n) is 17.1. The first-order chi connectivity index (χ1) is 14.2. The minimum atomic E-state index is -0.652. The third kappa shape index (κ3) is 6.61. The quantitative estimate of drug-likeness (QED) is 0.226. The van der Waals surface area contributed by atoms with Gasteiger partial charge in [-0.1, -0.05) is 13.0 Å². The number of carbonyl (C=O) groups is 2. The van der Waals surface area contributed by atoms with Crippen LogP contribution in [-0.2, 0) is 19.1 Å². The van der Waals surface area contributed by atoms with Crippen LogP contribution in [0.1, 0.15) is 32.6 Å². The lowest BCUT2D eigenvalue weighted by Gasteiger charge is -2.31. The van der Waals surface area contributed by atoms with Crippen LogP contribution in [0.3, 0.4) is 0 Å². The van der Waals surface area contributed by atoms with E-state index in [1.807, 2.05) is 19.1 Å². The summed E-state index contributed by atoms with van der Waals surface area (Å²) in [6.07, 6.45) is 5.90. The molecule has 1 aromatic rings. The number of hydrogen-bond acceptors (Lipinski definition) is 7. The van der Waals surface area contributed by atoms with Crippen molar-refractivity contribution in [3.8, 4) is 5.75 Å². The van der Waals surface area contributed by atoms with Gasteiger partial charge in [-0.2, -0.15) is 0 Å². The minimum absolute atomic E-state index is 0.0402. The van der Waals surface area contributed by atoms with Gasteiger partial charge in [0, 0.05) is 17.5 Å². The molecule has 9 heteroatoms. The number of nitro benzene ring substituents is 1. The number of ether oxygens (including phenoxy) is 3. The van der Waals surface area contributed by atoms with Gasteiger partial charge in [0.15, 0.2) is 0 Å². The van der Waals surface area contributed by atoms with Crippen molar-refractivity contribution in [1.82, 2.24) is 5.32 Å². The number of non-ortho nitro benzene ring substituents is 1. The molecule has 9 nitrogen and oxygen atoms in total. The molecule has 1 amide bonds. The number of methoxy groups -OCH3 is 1. The smallest absolute Gasteiger partial charge is 0.325 e. The molecule has 1 aliphatic rings. The molecule has 162 valence electrons. The van der Waals surface area contributed by atoms with Crippen molar-refractivity contribution in [3.63, 3.8) is 0 Å². The Hall–Kier alpha value is -3.36. The van der Waals surface area contributed by atoms with Crippen LogP contribution in [-0.4, -0.2) is 36.6 Å². The number of carbonyl (C=O) groups excluding carboxylic acids is 2. The molecule has 2 atom stereocenters. The van der Waals surface area contributed by atoms with E-state index in [9.17, 15) is 19.7 Å². The van der Waals surface area contributed by atoms with E-state index in [0.29, 0.717) is 31.4 Å². The van der Waals surface area contributed by atoms with Gasteiger partial charge in [0.25, 0.3) is 11.6 Å². The standard InChI is InChI=1S/C21H26N2O7/c1-15(30-18-9-7-16(8-10-18)23(26)27)29-17-6-4-5-12-21(2,13-11-17)20(25)22-14-19(24)28-3/h4,6-10,17H,1,5,11-14H2,2-3H3,(H,22,25)/b6-4+/t17-,21+/m0/s1. The van der Waals surface area contributed by atoms with Gasteiger partial charge in [-0.05, 0) is 50.5 Å². The van der Waals surface area contributed by atoms with Gasteiger partial charge < -0.3 is 19.5 Å². The SMILES string of the molecule is C=C(Oc1ccc([N+](=O)[O-])cc1)O[C@H]1/C=C/CC[C@@](C)(C(=O)NCC(=O)OC)CC1. The average molecular weight is 418 g/mol. The van der Waals surface area contributed by atoms with E-state index in [2.05, 4.69) is 16.6 Å². The maximum absolute atomic E-state index is 12.6. The second-order valence-electron chi connectivity index (χ2n) is 7.21. The van der Waals surface area contributed by atoms with Crippen LogP contribution in [0.4, 0.5) is 5.69 Å². The van der Waals surface area contributed by atoms with E-state index in [1.165, 1.54) is 31.4 Å². The molecular formula is C21H26N2O7. The Bertz CT molecular complexity index is 819. The van der Waals surface area contributed by atoms with Crippen LogP contribution in [0.25, 0.3) is 0 Å². The Balaban J connectivity index is 1.91. The summed E-state index contributed by atoms with van der Waals surface area (Å²) in [7, 11) is 1.27. The highest BCUT2D eigenvalue weighted by Crippen LogP contribution is 2.33. The van der Waals surface area contributed by atoms with Crippen LogP contribution in [0.2, 0.25) is 0 Å². The lowest BCUT2D eigenvalue weighted by atomic mass is 9.78. The van der Waals surface area contributed by atoms with E-state index in [-0.39, 0.29) is 30.2 Å². The largest absolute Gasteiger partial charge is 0.468 e. The molecule has 1 N–H and O–H groups in total. The van der Waals surface area contributed by atoms with Gasteiger partial charge >= 0.3 is 5.97 Å². The lowest BCUT2D eigenvalue weighted by molar-refractivity contribution is -0.384. The number of nitro groups is 1. The zero-order valence-corrected chi connectivity index (χ0v) is 17.1. The number of nitrogens with one attached hydrogen (secondary N) is 1. The summed E-state index contributed by atoms with van der Waals surface area (Å²) in [5.41, 5.74) is -0.692. The second kappa shape index (κ2) is 10.4. The fourth-order valence-corrected chi connectivity index (χ4v) is 3.06. The van der Waals surface area contributed by atoms with E-state index < -0.39 is 16.3 Å². The number of nitrogens with zero attached hydrogens (tertiary/aromatic N) is 1. The molecule has 30 heavy (non-hydrogen) atoms. The topological polar surface area (TPSA) is 117 Å². The summed E-state index contributed by atoms with van der Waals surface area (Å²) in [6, 6.07) is 5.58. The maximum Gasteiger partial charge on any atom is 0.325 e. The number of allylic oxidation sites excluding steroid dienone is 1. The summed E-state index contributed by atoms with van der Waals surface area (Å²) in [4.78, 5) is 34.1. The second-order valence-corrected chi connectivity index (χ2v) is 7.21. The van der Waals surface area contributed by atoms with Crippen LogP contribution in [0.5, 0.6) is 5.75 Å². The zero-order chi connectivity index (χ0) is 22.1. The van der Waals surface area contributed by atoms with Gasteiger partial charge in [0.1, 0.15) is 18.4 Å². The highest BCUT2D eigenvalue weighted by molar-refractivity contribution is 5.85. The Kier molecular flexibility index (Phi) is 7.97. The maximum atomic E-state index is 12.6. The molecule has 0 heterocycles. The summed E-state index contributed by atoms with van der Waals surface area (Å²) in [5, 5.41) is 13.3. The third-order valence-corrected chi connectivity index (χ3v) is 4.93. The normalized spacial score (nSPS) is 22.0. The minimum Gasteiger partial charge on any atom is -0.468 e. The van der Waals surface area contributed by atoms with E-state index in [0.717, 1.165) is 0 Å². The summed E-state index contributed by atoms with van der Waals surface area (Å²) >= 11 is 0. The molecule has 0 unspecified atom stereocenters. The molecule has 1 aliphatic carbocycles. The molecule has 0 bridgehead atoms. The summed E-state index contributed by atoms with van der Waals surface area (Å²) < 4.78 is 15.8. The van der Waals surface area contributed by atoms with Gasteiger partial charge in [0.05, 0.1) is 12.0 Å².